The van der Waals surface area contributed by atoms with E-state index >= 15 is 0 Å². The SMILES string of the molecule is CCSCC(C)Nc1cccnc1C(=O)O. The summed E-state index contributed by atoms with van der Waals surface area (Å²) in [5.41, 5.74) is 0.662. The molecule has 0 saturated carbocycles. The van der Waals surface area contributed by atoms with E-state index < -0.39 is 5.97 Å². The summed E-state index contributed by atoms with van der Waals surface area (Å²) >= 11 is 1.82. The highest BCUT2D eigenvalue weighted by Crippen LogP contribution is 2.14. The number of rotatable bonds is 6. The molecule has 1 atom stereocenters. The highest BCUT2D eigenvalue weighted by Gasteiger charge is 2.12. The van der Waals surface area contributed by atoms with Gasteiger partial charge in [-0.15, -0.1) is 0 Å². The van der Waals surface area contributed by atoms with Crippen molar-refractivity contribution < 1.29 is 9.90 Å². The Morgan fingerprint density at radius 2 is 2.44 bits per heavy atom. The van der Waals surface area contributed by atoms with Crippen LogP contribution in [0.2, 0.25) is 0 Å². The summed E-state index contributed by atoms with van der Waals surface area (Å²) in [6.45, 7) is 4.13. The monoisotopic (exact) mass is 240 g/mol. The predicted molar refractivity (Wildman–Crippen MR) is 67.3 cm³/mol. The maximum Gasteiger partial charge on any atom is 0.356 e. The fourth-order valence-corrected chi connectivity index (χ4v) is 1.97. The first-order valence-electron chi connectivity index (χ1n) is 5.17. The fourth-order valence-electron chi connectivity index (χ4n) is 1.29. The molecule has 1 heterocycles. The lowest BCUT2D eigenvalue weighted by molar-refractivity contribution is 0.0691. The first kappa shape index (κ1) is 12.8. The van der Waals surface area contributed by atoms with Crippen molar-refractivity contribution in [1.29, 1.82) is 0 Å². The molecule has 1 rings (SSSR count). The summed E-state index contributed by atoms with van der Waals surface area (Å²) in [5.74, 6) is 1.01. The average Bonchev–Trinajstić information content (AvgIpc) is 2.27. The van der Waals surface area contributed by atoms with Gasteiger partial charge in [0.15, 0.2) is 5.69 Å². The van der Waals surface area contributed by atoms with Gasteiger partial charge in [0.2, 0.25) is 0 Å². The van der Waals surface area contributed by atoms with Crippen LogP contribution in [0.3, 0.4) is 0 Å². The van der Waals surface area contributed by atoms with E-state index in [0.29, 0.717) is 5.69 Å². The standard InChI is InChI=1S/C11H16N2O2S/c1-3-16-7-8(2)13-9-5-4-6-12-10(9)11(14)15/h4-6,8,13H,3,7H2,1-2H3,(H,14,15). The molecule has 0 radical (unpaired) electrons. The summed E-state index contributed by atoms with van der Waals surface area (Å²) in [7, 11) is 0. The number of aromatic carboxylic acids is 1. The molecule has 16 heavy (non-hydrogen) atoms. The van der Waals surface area contributed by atoms with Crippen LogP contribution in [0, 0.1) is 0 Å². The highest BCUT2D eigenvalue weighted by molar-refractivity contribution is 7.99. The van der Waals surface area contributed by atoms with Gasteiger partial charge in [-0.1, -0.05) is 6.92 Å². The van der Waals surface area contributed by atoms with Crippen LogP contribution in [-0.4, -0.2) is 33.6 Å². The Labute approximate surface area is 99.5 Å². The van der Waals surface area contributed by atoms with Gasteiger partial charge in [-0.2, -0.15) is 11.8 Å². The third kappa shape index (κ3) is 3.73. The van der Waals surface area contributed by atoms with Crippen LogP contribution < -0.4 is 5.32 Å². The maximum absolute atomic E-state index is 10.9. The summed E-state index contributed by atoms with van der Waals surface area (Å²) in [4.78, 5) is 14.8. The second kappa shape index (κ2) is 6.37. The predicted octanol–water partition coefficient (Wildman–Crippen LogP) is 2.33. The quantitative estimate of drug-likeness (QED) is 0.799. The minimum absolute atomic E-state index is 0.0795. The van der Waals surface area contributed by atoms with Crippen molar-refractivity contribution in [2.75, 3.05) is 16.8 Å². The van der Waals surface area contributed by atoms with Gasteiger partial charge in [-0.25, -0.2) is 9.78 Å². The van der Waals surface area contributed by atoms with E-state index in [1.54, 1.807) is 12.1 Å². The molecule has 1 aromatic heterocycles. The first-order valence-corrected chi connectivity index (χ1v) is 6.33. The van der Waals surface area contributed by atoms with Crippen LogP contribution in [0.1, 0.15) is 24.3 Å². The Hall–Kier alpha value is -1.23. The van der Waals surface area contributed by atoms with Crippen molar-refractivity contribution >= 4 is 23.4 Å². The van der Waals surface area contributed by atoms with Crippen molar-refractivity contribution in [2.24, 2.45) is 0 Å². The second-order valence-electron chi connectivity index (χ2n) is 3.41. The normalized spacial score (nSPS) is 12.1. The topological polar surface area (TPSA) is 62.2 Å². The second-order valence-corrected chi connectivity index (χ2v) is 4.73. The molecular formula is C11H16N2O2S. The molecule has 1 aromatic rings. The van der Waals surface area contributed by atoms with E-state index in [1.165, 1.54) is 6.20 Å². The van der Waals surface area contributed by atoms with Gasteiger partial charge < -0.3 is 10.4 Å². The molecule has 0 bridgehead atoms. The van der Waals surface area contributed by atoms with Crippen molar-refractivity contribution in [1.82, 2.24) is 4.98 Å². The fraction of sp³-hybridized carbons (Fsp3) is 0.455. The summed E-state index contributed by atoms with van der Waals surface area (Å²) in [5, 5.41) is 12.1. The number of carboxylic acid groups (broad SMARTS) is 1. The number of aromatic nitrogens is 1. The smallest absolute Gasteiger partial charge is 0.356 e. The largest absolute Gasteiger partial charge is 0.476 e. The van der Waals surface area contributed by atoms with E-state index in [4.69, 9.17) is 5.11 Å². The number of anilines is 1. The van der Waals surface area contributed by atoms with Crippen LogP contribution in [0.4, 0.5) is 5.69 Å². The van der Waals surface area contributed by atoms with Crippen molar-refractivity contribution in [3.8, 4) is 0 Å². The number of hydrogen-bond acceptors (Lipinski definition) is 4. The van der Waals surface area contributed by atoms with E-state index in [9.17, 15) is 4.79 Å². The number of pyridine rings is 1. The van der Waals surface area contributed by atoms with Gasteiger partial charge in [0.05, 0.1) is 5.69 Å². The van der Waals surface area contributed by atoms with E-state index in [1.807, 2.05) is 18.7 Å². The zero-order chi connectivity index (χ0) is 12.0. The lowest BCUT2D eigenvalue weighted by atomic mass is 10.2. The van der Waals surface area contributed by atoms with Crippen molar-refractivity contribution in [3.05, 3.63) is 24.0 Å². The van der Waals surface area contributed by atoms with Crippen LogP contribution >= 0.6 is 11.8 Å². The number of nitrogens with zero attached hydrogens (tertiary/aromatic N) is 1. The van der Waals surface area contributed by atoms with Gasteiger partial charge in [0.1, 0.15) is 0 Å². The summed E-state index contributed by atoms with van der Waals surface area (Å²) in [6, 6.07) is 3.70. The zero-order valence-electron chi connectivity index (χ0n) is 9.43. The Kier molecular flexibility index (Phi) is 5.11. The third-order valence-electron chi connectivity index (χ3n) is 1.98. The molecule has 0 amide bonds. The number of carbonyl (C=O) groups is 1. The molecule has 1 unspecified atom stereocenters. The first-order chi connectivity index (χ1) is 7.65. The van der Waals surface area contributed by atoms with Gasteiger partial charge in [-0.05, 0) is 24.8 Å². The van der Waals surface area contributed by atoms with E-state index in [0.717, 1.165) is 11.5 Å². The lowest BCUT2D eigenvalue weighted by Crippen LogP contribution is -2.20. The molecule has 4 nitrogen and oxygen atoms in total. The molecule has 88 valence electrons. The number of nitrogens with one attached hydrogen (secondary N) is 1. The Morgan fingerprint density at radius 1 is 1.69 bits per heavy atom. The summed E-state index contributed by atoms with van der Waals surface area (Å²) < 4.78 is 0. The molecule has 0 saturated heterocycles. The zero-order valence-corrected chi connectivity index (χ0v) is 10.3. The van der Waals surface area contributed by atoms with Crippen molar-refractivity contribution in [2.45, 2.75) is 19.9 Å². The lowest BCUT2D eigenvalue weighted by Gasteiger charge is -2.15. The van der Waals surface area contributed by atoms with Gasteiger partial charge in [-0.3, -0.25) is 0 Å². The van der Waals surface area contributed by atoms with E-state index in [2.05, 4.69) is 17.2 Å². The molecule has 0 aliphatic rings. The molecule has 0 aliphatic carbocycles. The molecule has 2 N–H and O–H groups in total. The van der Waals surface area contributed by atoms with Crippen LogP contribution in [0.5, 0.6) is 0 Å². The molecule has 5 heteroatoms. The number of thioether (sulfide) groups is 1. The van der Waals surface area contributed by atoms with Gasteiger partial charge in [0.25, 0.3) is 0 Å². The van der Waals surface area contributed by atoms with Crippen LogP contribution in [0.15, 0.2) is 18.3 Å². The Morgan fingerprint density at radius 3 is 3.06 bits per heavy atom. The molecule has 0 spiro atoms. The van der Waals surface area contributed by atoms with Crippen molar-refractivity contribution in [3.63, 3.8) is 0 Å². The van der Waals surface area contributed by atoms with Crippen LogP contribution in [-0.2, 0) is 0 Å². The van der Waals surface area contributed by atoms with Crippen LogP contribution in [0.25, 0.3) is 0 Å². The van der Waals surface area contributed by atoms with Gasteiger partial charge in [0, 0.05) is 18.0 Å². The minimum Gasteiger partial charge on any atom is -0.476 e. The van der Waals surface area contributed by atoms with E-state index in [-0.39, 0.29) is 11.7 Å². The number of carboxylic acids is 1. The Bertz CT molecular complexity index is 358. The molecular weight excluding hydrogens is 224 g/mol. The maximum atomic E-state index is 10.9. The number of hydrogen-bond donors (Lipinski definition) is 2. The molecule has 0 fully saturated rings. The Balaban J connectivity index is 2.69. The third-order valence-corrected chi connectivity index (χ3v) is 3.13. The average molecular weight is 240 g/mol. The highest BCUT2D eigenvalue weighted by atomic mass is 32.2. The summed E-state index contributed by atoms with van der Waals surface area (Å²) in [6.07, 6.45) is 1.49. The molecule has 0 aliphatic heterocycles. The molecule has 0 aromatic carbocycles. The van der Waals surface area contributed by atoms with Gasteiger partial charge >= 0.3 is 5.97 Å². The minimum atomic E-state index is -1.00.